The lowest BCUT2D eigenvalue weighted by Crippen LogP contribution is -2.07. The van der Waals surface area contributed by atoms with Gasteiger partial charge >= 0.3 is 5.97 Å². The average Bonchev–Trinajstić information content (AvgIpc) is 2.01. The molecule has 0 amide bonds. The highest BCUT2D eigenvalue weighted by Gasteiger charge is 2.14. The largest absolute Gasteiger partial charge is 0.478 e. The molecule has 0 aliphatic rings. The van der Waals surface area contributed by atoms with Gasteiger partial charge < -0.3 is 5.11 Å². The van der Waals surface area contributed by atoms with E-state index in [1.807, 2.05) is 0 Å². The number of pyridine rings is 1. The van der Waals surface area contributed by atoms with Crippen LogP contribution in [0.1, 0.15) is 27.3 Å². The van der Waals surface area contributed by atoms with Gasteiger partial charge in [0.05, 0.1) is 11.3 Å². The third kappa shape index (κ3) is 1.83. The monoisotopic (exact) mass is 183 g/mol. The predicted octanol–water partition coefficient (Wildman–Crippen LogP) is 1.87. The highest BCUT2D eigenvalue weighted by atomic mass is 19.1. The van der Waals surface area contributed by atoms with E-state index in [1.54, 1.807) is 19.9 Å². The number of aromatic carboxylic acids is 1. The number of aromatic nitrogens is 1. The van der Waals surface area contributed by atoms with Gasteiger partial charge in [-0.1, -0.05) is 0 Å². The Labute approximate surface area is 75.2 Å². The van der Waals surface area contributed by atoms with Gasteiger partial charge in [-0.3, -0.25) is 4.98 Å². The number of carboxylic acid groups (broad SMARTS) is 1. The van der Waals surface area contributed by atoms with E-state index in [4.69, 9.17) is 5.11 Å². The van der Waals surface area contributed by atoms with E-state index in [0.717, 1.165) is 0 Å². The summed E-state index contributed by atoms with van der Waals surface area (Å²) in [6.07, 6.45) is 0. The lowest BCUT2D eigenvalue weighted by molar-refractivity contribution is 0.0693. The Morgan fingerprint density at radius 2 is 2.23 bits per heavy atom. The van der Waals surface area contributed by atoms with Crippen molar-refractivity contribution in [1.29, 1.82) is 0 Å². The van der Waals surface area contributed by atoms with Crippen molar-refractivity contribution in [1.82, 2.24) is 4.98 Å². The van der Waals surface area contributed by atoms with E-state index in [0.29, 0.717) is 11.3 Å². The summed E-state index contributed by atoms with van der Waals surface area (Å²) in [5.41, 5.74) is 1.17. The van der Waals surface area contributed by atoms with Crippen molar-refractivity contribution < 1.29 is 14.3 Å². The van der Waals surface area contributed by atoms with Crippen LogP contribution >= 0.6 is 0 Å². The molecule has 0 fully saturated rings. The normalized spacial score (nSPS) is 10.1. The first-order valence-electron chi connectivity index (χ1n) is 3.82. The number of carbonyl (C=O) groups is 1. The minimum absolute atomic E-state index is 0.00463. The first-order valence-corrected chi connectivity index (χ1v) is 3.82. The molecule has 1 N–H and O–H groups in total. The molecule has 0 aliphatic carbocycles. The van der Waals surface area contributed by atoms with Crippen LogP contribution in [-0.2, 0) is 6.67 Å². The molecule has 1 rings (SSSR count). The molecule has 0 aromatic carbocycles. The highest BCUT2D eigenvalue weighted by Crippen LogP contribution is 2.14. The summed E-state index contributed by atoms with van der Waals surface area (Å²) >= 11 is 0. The van der Waals surface area contributed by atoms with Crippen LogP contribution in [0.15, 0.2) is 6.07 Å². The average molecular weight is 183 g/mol. The minimum Gasteiger partial charge on any atom is -0.478 e. The third-order valence-corrected chi connectivity index (χ3v) is 1.76. The van der Waals surface area contributed by atoms with Crippen LogP contribution in [0.4, 0.5) is 4.39 Å². The number of hydrogen-bond acceptors (Lipinski definition) is 2. The van der Waals surface area contributed by atoms with Crippen molar-refractivity contribution in [3.63, 3.8) is 0 Å². The smallest absolute Gasteiger partial charge is 0.337 e. The quantitative estimate of drug-likeness (QED) is 0.761. The molecule has 0 saturated heterocycles. The van der Waals surface area contributed by atoms with Crippen LogP contribution in [0.2, 0.25) is 0 Å². The van der Waals surface area contributed by atoms with Crippen molar-refractivity contribution >= 4 is 5.97 Å². The van der Waals surface area contributed by atoms with Gasteiger partial charge in [0, 0.05) is 5.69 Å². The number of alkyl halides is 1. The fourth-order valence-electron chi connectivity index (χ4n) is 1.30. The van der Waals surface area contributed by atoms with Crippen molar-refractivity contribution in [2.45, 2.75) is 20.5 Å². The van der Waals surface area contributed by atoms with Gasteiger partial charge in [-0.15, -0.1) is 0 Å². The van der Waals surface area contributed by atoms with Gasteiger partial charge in [-0.05, 0) is 25.5 Å². The number of carboxylic acids is 1. The molecule has 1 aromatic heterocycles. The number of aryl methyl sites for hydroxylation is 2. The fraction of sp³-hybridized carbons (Fsp3) is 0.333. The highest BCUT2D eigenvalue weighted by molar-refractivity contribution is 5.90. The molecule has 0 radical (unpaired) electrons. The molecule has 1 heterocycles. The Bertz CT molecular complexity index is 350. The van der Waals surface area contributed by atoms with Crippen LogP contribution in [0.25, 0.3) is 0 Å². The topological polar surface area (TPSA) is 50.2 Å². The maximum Gasteiger partial charge on any atom is 0.337 e. The molecule has 0 spiro atoms. The van der Waals surface area contributed by atoms with Gasteiger partial charge in [0.2, 0.25) is 0 Å². The second kappa shape index (κ2) is 3.51. The molecule has 13 heavy (non-hydrogen) atoms. The zero-order valence-electron chi connectivity index (χ0n) is 7.47. The Kier molecular flexibility index (Phi) is 2.60. The van der Waals surface area contributed by atoms with Crippen molar-refractivity contribution in [2.24, 2.45) is 0 Å². The van der Waals surface area contributed by atoms with Crippen molar-refractivity contribution in [3.8, 4) is 0 Å². The molecule has 70 valence electrons. The first-order chi connectivity index (χ1) is 6.06. The lowest BCUT2D eigenvalue weighted by atomic mass is 10.1. The number of halogens is 1. The van der Waals surface area contributed by atoms with Crippen LogP contribution in [-0.4, -0.2) is 16.1 Å². The number of hydrogen-bond donors (Lipinski definition) is 1. The summed E-state index contributed by atoms with van der Waals surface area (Å²) in [4.78, 5) is 14.5. The maximum atomic E-state index is 12.4. The van der Waals surface area contributed by atoms with E-state index in [1.165, 1.54) is 0 Å². The van der Waals surface area contributed by atoms with E-state index in [-0.39, 0.29) is 11.3 Å². The molecule has 4 heteroatoms. The third-order valence-electron chi connectivity index (χ3n) is 1.76. The Morgan fingerprint density at radius 3 is 2.69 bits per heavy atom. The van der Waals surface area contributed by atoms with E-state index in [9.17, 15) is 9.18 Å². The van der Waals surface area contributed by atoms with Crippen LogP contribution in [0.3, 0.4) is 0 Å². The second-order valence-corrected chi connectivity index (χ2v) is 2.84. The molecular weight excluding hydrogens is 173 g/mol. The summed E-state index contributed by atoms with van der Waals surface area (Å²) in [6.45, 7) is 2.50. The second-order valence-electron chi connectivity index (χ2n) is 2.84. The van der Waals surface area contributed by atoms with Gasteiger partial charge in [-0.2, -0.15) is 0 Å². The molecule has 0 unspecified atom stereocenters. The Morgan fingerprint density at radius 1 is 1.62 bits per heavy atom. The van der Waals surface area contributed by atoms with E-state index < -0.39 is 12.6 Å². The molecule has 0 aliphatic heterocycles. The molecule has 3 nitrogen and oxygen atoms in total. The van der Waals surface area contributed by atoms with Crippen molar-refractivity contribution in [2.75, 3.05) is 0 Å². The zero-order chi connectivity index (χ0) is 10.0. The van der Waals surface area contributed by atoms with Crippen molar-refractivity contribution in [3.05, 3.63) is 28.6 Å². The standard InChI is InChI=1S/C9H10FNO2/c1-5-3-6(2)11-7(4-10)8(5)9(12)13/h3H,4H2,1-2H3,(H,12,13). The number of rotatable bonds is 2. The lowest BCUT2D eigenvalue weighted by Gasteiger charge is -2.05. The van der Waals surface area contributed by atoms with E-state index in [2.05, 4.69) is 4.98 Å². The summed E-state index contributed by atoms with van der Waals surface area (Å²) in [7, 11) is 0. The molecule has 1 aromatic rings. The Balaban J connectivity index is 3.38. The fourth-order valence-corrected chi connectivity index (χ4v) is 1.30. The predicted molar refractivity (Wildman–Crippen MR) is 45.5 cm³/mol. The molecule has 0 bridgehead atoms. The minimum atomic E-state index is -1.13. The van der Waals surface area contributed by atoms with Gasteiger partial charge in [0.1, 0.15) is 6.67 Å². The molecular formula is C9H10FNO2. The Hall–Kier alpha value is -1.45. The summed E-state index contributed by atoms with van der Waals surface area (Å²) < 4.78 is 12.4. The summed E-state index contributed by atoms with van der Waals surface area (Å²) in [5.74, 6) is -1.13. The van der Waals surface area contributed by atoms with Gasteiger partial charge in [0.25, 0.3) is 0 Å². The van der Waals surface area contributed by atoms with Crippen LogP contribution in [0.5, 0.6) is 0 Å². The van der Waals surface area contributed by atoms with Crippen LogP contribution in [0, 0.1) is 13.8 Å². The SMILES string of the molecule is Cc1cc(C)c(C(=O)O)c(CF)n1. The maximum absolute atomic E-state index is 12.4. The number of nitrogens with zero attached hydrogens (tertiary/aromatic N) is 1. The molecule has 0 saturated carbocycles. The van der Waals surface area contributed by atoms with Gasteiger partial charge in [0.15, 0.2) is 0 Å². The van der Waals surface area contributed by atoms with Crippen LogP contribution < -0.4 is 0 Å². The van der Waals surface area contributed by atoms with Gasteiger partial charge in [-0.25, -0.2) is 9.18 Å². The first kappa shape index (κ1) is 9.64. The van der Waals surface area contributed by atoms with E-state index >= 15 is 0 Å². The zero-order valence-corrected chi connectivity index (χ0v) is 7.47. The summed E-state index contributed by atoms with van der Waals surface area (Å²) in [6, 6.07) is 1.63. The molecule has 0 atom stereocenters. The summed E-state index contributed by atoms with van der Waals surface area (Å²) in [5, 5.41) is 8.76.